The van der Waals surface area contributed by atoms with Crippen LogP contribution in [0.25, 0.3) is 0 Å². The van der Waals surface area contributed by atoms with Gasteiger partial charge in [0.25, 0.3) is 0 Å². The van der Waals surface area contributed by atoms with Crippen LogP contribution < -0.4 is 14.2 Å². The van der Waals surface area contributed by atoms with E-state index in [9.17, 15) is 8.42 Å². The Hall–Kier alpha value is -2.12. The maximum atomic E-state index is 12.5. The molecule has 0 saturated heterocycles. The summed E-state index contributed by atoms with van der Waals surface area (Å²) in [5.41, 5.74) is 0.795. The Morgan fingerprint density at radius 1 is 1.18 bits per heavy atom. The second kappa shape index (κ2) is 5.94. The number of pyridine rings is 1. The molecule has 2 aromatic rings. The first kappa shape index (κ1) is 14.8. The van der Waals surface area contributed by atoms with E-state index in [-0.39, 0.29) is 10.9 Å². The van der Waals surface area contributed by atoms with E-state index in [1.807, 2.05) is 6.07 Å². The Morgan fingerprint density at radius 3 is 2.68 bits per heavy atom. The predicted molar refractivity (Wildman–Crippen MR) is 80.4 cm³/mol. The number of ether oxygens (including phenoxy) is 2. The van der Waals surface area contributed by atoms with E-state index in [1.165, 1.54) is 12.1 Å². The summed E-state index contributed by atoms with van der Waals surface area (Å²) in [4.78, 5) is 4.14. The van der Waals surface area contributed by atoms with E-state index in [2.05, 4.69) is 9.71 Å². The van der Waals surface area contributed by atoms with Gasteiger partial charge >= 0.3 is 0 Å². The highest BCUT2D eigenvalue weighted by atomic mass is 32.2. The van der Waals surface area contributed by atoms with Gasteiger partial charge in [-0.2, -0.15) is 0 Å². The summed E-state index contributed by atoms with van der Waals surface area (Å²) in [5, 5.41) is 0. The molecule has 0 radical (unpaired) electrons. The van der Waals surface area contributed by atoms with E-state index < -0.39 is 10.0 Å². The van der Waals surface area contributed by atoms with Gasteiger partial charge < -0.3 is 9.47 Å². The molecule has 1 atom stereocenters. The van der Waals surface area contributed by atoms with Gasteiger partial charge in [0.05, 0.1) is 4.90 Å². The highest BCUT2D eigenvalue weighted by Gasteiger charge is 2.21. The normalized spacial score (nSPS) is 15.3. The van der Waals surface area contributed by atoms with Gasteiger partial charge in [-0.3, -0.25) is 4.98 Å². The number of benzene rings is 1. The van der Waals surface area contributed by atoms with Crippen LogP contribution in [0, 0.1) is 0 Å². The van der Waals surface area contributed by atoms with Gasteiger partial charge in [-0.25, -0.2) is 13.1 Å². The SMILES string of the molecule is CC(NS(=O)(=O)c1ccc2c(c1)OCCO2)c1cccnc1. The minimum atomic E-state index is -3.65. The van der Waals surface area contributed by atoms with Crippen LogP contribution in [0.15, 0.2) is 47.6 Å². The van der Waals surface area contributed by atoms with E-state index >= 15 is 0 Å². The lowest BCUT2D eigenvalue weighted by Gasteiger charge is -2.19. The first-order valence-corrected chi connectivity index (χ1v) is 8.36. The summed E-state index contributed by atoms with van der Waals surface area (Å²) in [7, 11) is -3.65. The Balaban J connectivity index is 1.84. The fourth-order valence-corrected chi connectivity index (χ4v) is 3.44. The number of sulfonamides is 1. The average Bonchev–Trinajstić information content (AvgIpc) is 2.55. The summed E-state index contributed by atoms with van der Waals surface area (Å²) in [5.74, 6) is 1.01. The molecule has 1 aliphatic rings. The topological polar surface area (TPSA) is 77.5 Å². The third kappa shape index (κ3) is 3.05. The van der Waals surface area contributed by atoms with E-state index in [1.54, 1.807) is 31.5 Å². The molecular formula is C15H16N2O4S. The highest BCUT2D eigenvalue weighted by Crippen LogP contribution is 2.32. The Morgan fingerprint density at radius 2 is 1.95 bits per heavy atom. The minimum absolute atomic E-state index is 0.146. The van der Waals surface area contributed by atoms with Crippen molar-refractivity contribution in [1.29, 1.82) is 0 Å². The molecule has 1 aromatic carbocycles. The van der Waals surface area contributed by atoms with E-state index in [4.69, 9.17) is 9.47 Å². The van der Waals surface area contributed by atoms with Crippen molar-refractivity contribution in [3.8, 4) is 11.5 Å². The van der Waals surface area contributed by atoms with Crippen LogP contribution in [0.4, 0.5) is 0 Å². The van der Waals surface area contributed by atoms with Gasteiger partial charge in [0.2, 0.25) is 10.0 Å². The second-order valence-corrected chi connectivity index (χ2v) is 6.65. The molecule has 3 rings (SSSR count). The zero-order valence-corrected chi connectivity index (χ0v) is 12.8. The number of aromatic nitrogens is 1. The summed E-state index contributed by atoms with van der Waals surface area (Å²) in [6.07, 6.45) is 3.28. The van der Waals surface area contributed by atoms with Crippen molar-refractivity contribution < 1.29 is 17.9 Å². The Labute approximate surface area is 129 Å². The predicted octanol–water partition coefficient (Wildman–Crippen LogP) is 1.89. The van der Waals surface area contributed by atoms with Crippen LogP contribution in [0.5, 0.6) is 11.5 Å². The van der Waals surface area contributed by atoms with Gasteiger partial charge in [0.1, 0.15) is 13.2 Å². The molecule has 6 nitrogen and oxygen atoms in total. The zero-order chi connectivity index (χ0) is 15.6. The number of fused-ring (bicyclic) bond motifs is 1. The molecule has 0 spiro atoms. The summed E-state index contributed by atoms with van der Waals surface area (Å²) >= 11 is 0. The zero-order valence-electron chi connectivity index (χ0n) is 12.0. The average molecular weight is 320 g/mol. The first-order valence-electron chi connectivity index (χ1n) is 6.88. The van der Waals surface area contributed by atoms with E-state index in [0.29, 0.717) is 24.7 Å². The number of nitrogens with one attached hydrogen (secondary N) is 1. The van der Waals surface area contributed by atoms with Gasteiger partial charge in [-0.15, -0.1) is 0 Å². The maximum absolute atomic E-state index is 12.5. The summed E-state index contributed by atoms with van der Waals surface area (Å²) in [6, 6.07) is 7.80. The molecule has 0 aliphatic carbocycles. The number of hydrogen-bond acceptors (Lipinski definition) is 5. The third-order valence-corrected chi connectivity index (χ3v) is 4.88. The van der Waals surface area contributed by atoms with Crippen LogP contribution in [-0.4, -0.2) is 26.6 Å². The fraction of sp³-hybridized carbons (Fsp3) is 0.267. The summed E-state index contributed by atoms with van der Waals surface area (Å²) < 4.78 is 38.4. The first-order chi connectivity index (χ1) is 10.6. The van der Waals surface area contributed by atoms with Gasteiger partial charge in [0, 0.05) is 24.5 Å². The molecular weight excluding hydrogens is 304 g/mol. The monoisotopic (exact) mass is 320 g/mol. The maximum Gasteiger partial charge on any atom is 0.241 e. The quantitative estimate of drug-likeness (QED) is 0.931. The molecule has 2 heterocycles. The fourth-order valence-electron chi connectivity index (χ4n) is 2.19. The van der Waals surface area contributed by atoms with Gasteiger partial charge in [-0.05, 0) is 30.7 Å². The van der Waals surface area contributed by atoms with Gasteiger partial charge in [-0.1, -0.05) is 6.07 Å². The van der Waals surface area contributed by atoms with E-state index in [0.717, 1.165) is 5.56 Å². The number of rotatable bonds is 4. The van der Waals surface area contributed by atoms with Crippen molar-refractivity contribution in [2.75, 3.05) is 13.2 Å². The minimum Gasteiger partial charge on any atom is -0.486 e. The molecule has 1 unspecified atom stereocenters. The molecule has 116 valence electrons. The van der Waals surface area contributed by atoms with Crippen molar-refractivity contribution in [2.24, 2.45) is 0 Å². The smallest absolute Gasteiger partial charge is 0.241 e. The lowest BCUT2D eigenvalue weighted by molar-refractivity contribution is 0.171. The summed E-state index contributed by atoms with van der Waals surface area (Å²) in [6.45, 7) is 2.65. The van der Waals surface area contributed by atoms with Crippen molar-refractivity contribution in [3.05, 3.63) is 48.3 Å². The molecule has 1 aliphatic heterocycles. The van der Waals surface area contributed by atoms with Crippen LogP contribution in [0.3, 0.4) is 0 Å². The lowest BCUT2D eigenvalue weighted by Crippen LogP contribution is -2.27. The molecule has 1 N–H and O–H groups in total. The van der Waals surface area contributed by atoms with Crippen LogP contribution in [-0.2, 0) is 10.0 Å². The van der Waals surface area contributed by atoms with Crippen molar-refractivity contribution in [1.82, 2.24) is 9.71 Å². The molecule has 0 fully saturated rings. The van der Waals surface area contributed by atoms with Crippen molar-refractivity contribution >= 4 is 10.0 Å². The van der Waals surface area contributed by atoms with Crippen LogP contribution >= 0.6 is 0 Å². The molecule has 0 amide bonds. The molecule has 22 heavy (non-hydrogen) atoms. The molecule has 1 aromatic heterocycles. The Bertz CT molecular complexity index is 762. The number of nitrogens with zero attached hydrogens (tertiary/aromatic N) is 1. The van der Waals surface area contributed by atoms with Crippen molar-refractivity contribution in [2.45, 2.75) is 17.9 Å². The van der Waals surface area contributed by atoms with Crippen LogP contribution in [0.1, 0.15) is 18.5 Å². The van der Waals surface area contributed by atoms with Crippen LogP contribution in [0.2, 0.25) is 0 Å². The molecule has 0 saturated carbocycles. The van der Waals surface area contributed by atoms with Crippen molar-refractivity contribution in [3.63, 3.8) is 0 Å². The highest BCUT2D eigenvalue weighted by molar-refractivity contribution is 7.89. The molecule has 7 heteroatoms. The third-order valence-electron chi connectivity index (χ3n) is 3.34. The second-order valence-electron chi connectivity index (χ2n) is 4.93. The van der Waals surface area contributed by atoms with Gasteiger partial charge in [0.15, 0.2) is 11.5 Å². The molecule has 0 bridgehead atoms. The number of hydrogen-bond donors (Lipinski definition) is 1. The largest absolute Gasteiger partial charge is 0.486 e. The Kier molecular flexibility index (Phi) is 4.00. The standard InChI is InChI=1S/C15H16N2O4S/c1-11(12-3-2-6-16-10-12)17-22(18,19)13-4-5-14-15(9-13)21-8-7-20-14/h2-6,9-11,17H,7-8H2,1H3. The lowest BCUT2D eigenvalue weighted by atomic mass is 10.2.